The van der Waals surface area contributed by atoms with Crippen molar-refractivity contribution < 1.29 is 9.50 Å². The second-order valence-corrected chi connectivity index (χ2v) is 4.71. The Hall–Kier alpha value is -0.580. The Morgan fingerprint density at radius 1 is 1.44 bits per heavy atom. The summed E-state index contributed by atoms with van der Waals surface area (Å²) in [6.07, 6.45) is 1.25. The second kappa shape index (κ2) is 6.89. The number of benzene rings is 1. The minimum atomic E-state index is -0.787. The van der Waals surface area contributed by atoms with E-state index >= 15 is 0 Å². The van der Waals surface area contributed by atoms with Crippen LogP contribution in [0, 0.1) is 5.82 Å². The van der Waals surface area contributed by atoms with Crippen molar-refractivity contribution in [2.24, 2.45) is 0 Å². The molecule has 1 aromatic rings. The fourth-order valence-electron chi connectivity index (χ4n) is 1.48. The second-order valence-electron chi connectivity index (χ2n) is 3.80. The lowest BCUT2D eigenvalue weighted by atomic mass is 10.1. The number of hydrogen-bond donors (Lipinski definition) is 2. The van der Waals surface area contributed by atoms with Gasteiger partial charge in [0.1, 0.15) is 5.82 Å². The van der Waals surface area contributed by atoms with Crippen LogP contribution in [0.1, 0.15) is 18.6 Å². The van der Waals surface area contributed by atoms with E-state index in [0.717, 1.165) is 5.75 Å². The molecule has 2 unspecified atom stereocenters. The fraction of sp³-hybridized carbons (Fsp3) is 0.500. The Morgan fingerprint density at radius 3 is 2.75 bits per heavy atom. The summed E-state index contributed by atoms with van der Waals surface area (Å²) in [7, 11) is 0. The van der Waals surface area contributed by atoms with Crippen LogP contribution in [0.25, 0.3) is 0 Å². The van der Waals surface area contributed by atoms with Crippen molar-refractivity contribution in [1.82, 2.24) is 5.32 Å². The van der Waals surface area contributed by atoms with Gasteiger partial charge in [-0.3, -0.25) is 0 Å². The lowest BCUT2D eigenvalue weighted by molar-refractivity contribution is 0.167. The Kier molecular flexibility index (Phi) is 5.80. The van der Waals surface area contributed by atoms with Gasteiger partial charge in [0.2, 0.25) is 0 Å². The van der Waals surface area contributed by atoms with Gasteiger partial charge in [-0.05, 0) is 19.2 Å². The van der Waals surface area contributed by atoms with Gasteiger partial charge in [-0.15, -0.1) is 0 Å². The molecule has 1 aromatic carbocycles. The number of aliphatic hydroxyl groups excluding tert-OH is 1. The standard InChI is InChI=1S/C12H18FNOS/c1-9(8-16-2)14-7-12(15)10-5-3-4-6-11(10)13/h3-6,9,12,14-15H,7-8H2,1-2H3. The molecule has 0 fully saturated rings. The molecule has 4 heteroatoms. The van der Waals surface area contributed by atoms with Gasteiger partial charge in [0.05, 0.1) is 6.10 Å². The lowest BCUT2D eigenvalue weighted by Crippen LogP contribution is -2.32. The molecule has 0 heterocycles. The fourth-order valence-corrected chi connectivity index (χ4v) is 2.09. The van der Waals surface area contributed by atoms with E-state index in [2.05, 4.69) is 5.32 Å². The molecule has 0 saturated heterocycles. The van der Waals surface area contributed by atoms with Crippen molar-refractivity contribution in [2.75, 3.05) is 18.6 Å². The first kappa shape index (κ1) is 13.5. The van der Waals surface area contributed by atoms with Crippen LogP contribution in [0.3, 0.4) is 0 Å². The summed E-state index contributed by atoms with van der Waals surface area (Å²) in [5, 5.41) is 13.0. The van der Waals surface area contributed by atoms with E-state index in [-0.39, 0.29) is 5.82 Å². The number of hydrogen-bond acceptors (Lipinski definition) is 3. The number of thioether (sulfide) groups is 1. The van der Waals surface area contributed by atoms with Crippen molar-refractivity contribution in [3.63, 3.8) is 0 Å². The highest BCUT2D eigenvalue weighted by Gasteiger charge is 2.12. The average Bonchev–Trinajstić information content (AvgIpc) is 2.27. The predicted molar refractivity (Wildman–Crippen MR) is 67.2 cm³/mol. The predicted octanol–water partition coefficient (Wildman–Crippen LogP) is 2.20. The molecule has 1 rings (SSSR count). The smallest absolute Gasteiger partial charge is 0.129 e. The van der Waals surface area contributed by atoms with Crippen LogP contribution in [-0.2, 0) is 0 Å². The quantitative estimate of drug-likeness (QED) is 0.803. The van der Waals surface area contributed by atoms with Gasteiger partial charge in [0, 0.05) is 23.9 Å². The third-order valence-corrected chi connectivity index (χ3v) is 3.17. The third kappa shape index (κ3) is 4.12. The van der Waals surface area contributed by atoms with Gasteiger partial charge in [-0.2, -0.15) is 11.8 Å². The molecule has 16 heavy (non-hydrogen) atoms. The Balaban J connectivity index is 2.46. The molecule has 0 aliphatic heterocycles. The molecule has 0 bridgehead atoms. The summed E-state index contributed by atoms with van der Waals surface area (Å²) in [5.41, 5.74) is 0.353. The number of nitrogens with one attached hydrogen (secondary N) is 1. The van der Waals surface area contributed by atoms with Gasteiger partial charge in [0.25, 0.3) is 0 Å². The van der Waals surface area contributed by atoms with Gasteiger partial charge >= 0.3 is 0 Å². The zero-order chi connectivity index (χ0) is 12.0. The summed E-state index contributed by atoms with van der Waals surface area (Å²) in [6.45, 7) is 2.42. The minimum absolute atomic E-state index is 0.316. The zero-order valence-corrected chi connectivity index (χ0v) is 10.4. The van der Waals surface area contributed by atoms with E-state index in [1.807, 2.05) is 13.2 Å². The van der Waals surface area contributed by atoms with E-state index in [1.165, 1.54) is 6.07 Å². The molecule has 0 saturated carbocycles. The normalized spacial score (nSPS) is 14.8. The van der Waals surface area contributed by atoms with Crippen LogP contribution in [0.5, 0.6) is 0 Å². The maximum Gasteiger partial charge on any atom is 0.129 e. The van der Waals surface area contributed by atoms with Crippen molar-refractivity contribution in [3.05, 3.63) is 35.6 Å². The largest absolute Gasteiger partial charge is 0.387 e. The summed E-state index contributed by atoms with van der Waals surface area (Å²) in [4.78, 5) is 0. The van der Waals surface area contributed by atoms with Crippen LogP contribution in [0.15, 0.2) is 24.3 Å². The highest BCUT2D eigenvalue weighted by molar-refractivity contribution is 7.98. The number of aliphatic hydroxyl groups is 1. The average molecular weight is 243 g/mol. The van der Waals surface area contributed by atoms with Crippen LogP contribution >= 0.6 is 11.8 Å². The minimum Gasteiger partial charge on any atom is -0.387 e. The van der Waals surface area contributed by atoms with Crippen molar-refractivity contribution >= 4 is 11.8 Å². The molecule has 90 valence electrons. The van der Waals surface area contributed by atoms with E-state index in [9.17, 15) is 9.50 Å². The molecule has 0 spiro atoms. The molecule has 2 N–H and O–H groups in total. The first-order valence-corrected chi connectivity index (χ1v) is 6.69. The molecule has 2 atom stereocenters. The molecular formula is C12H18FNOS. The molecule has 0 radical (unpaired) electrons. The number of halogens is 1. The van der Waals surface area contributed by atoms with Crippen LogP contribution < -0.4 is 5.32 Å². The van der Waals surface area contributed by atoms with Crippen LogP contribution in [-0.4, -0.2) is 29.7 Å². The van der Waals surface area contributed by atoms with Gasteiger partial charge in [-0.1, -0.05) is 18.2 Å². The molecule has 2 nitrogen and oxygen atoms in total. The van der Waals surface area contributed by atoms with E-state index in [0.29, 0.717) is 18.2 Å². The van der Waals surface area contributed by atoms with E-state index in [4.69, 9.17) is 0 Å². The van der Waals surface area contributed by atoms with Crippen LogP contribution in [0.4, 0.5) is 4.39 Å². The highest BCUT2D eigenvalue weighted by Crippen LogP contribution is 2.15. The highest BCUT2D eigenvalue weighted by atomic mass is 32.2. The molecule has 0 aliphatic rings. The van der Waals surface area contributed by atoms with Gasteiger partial charge in [0.15, 0.2) is 0 Å². The first-order valence-electron chi connectivity index (χ1n) is 5.30. The lowest BCUT2D eigenvalue weighted by Gasteiger charge is -2.17. The van der Waals surface area contributed by atoms with Crippen molar-refractivity contribution in [2.45, 2.75) is 19.1 Å². The summed E-state index contributed by atoms with van der Waals surface area (Å²) >= 11 is 1.74. The van der Waals surface area contributed by atoms with Crippen molar-refractivity contribution in [3.8, 4) is 0 Å². The van der Waals surface area contributed by atoms with Crippen molar-refractivity contribution in [1.29, 1.82) is 0 Å². The first-order chi connectivity index (χ1) is 7.65. The summed E-state index contributed by atoms with van der Waals surface area (Å²) in [5.74, 6) is 0.624. The monoisotopic (exact) mass is 243 g/mol. The molecule has 0 aromatic heterocycles. The van der Waals surface area contributed by atoms with Gasteiger partial charge in [-0.25, -0.2) is 4.39 Å². The van der Waals surface area contributed by atoms with Crippen LogP contribution in [0.2, 0.25) is 0 Å². The van der Waals surface area contributed by atoms with E-state index < -0.39 is 6.10 Å². The Morgan fingerprint density at radius 2 is 2.12 bits per heavy atom. The summed E-state index contributed by atoms with van der Waals surface area (Å²) in [6, 6.07) is 6.64. The topological polar surface area (TPSA) is 32.3 Å². The molecule has 0 aliphatic carbocycles. The van der Waals surface area contributed by atoms with Gasteiger partial charge < -0.3 is 10.4 Å². The van der Waals surface area contributed by atoms with E-state index in [1.54, 1.807) is 30.0 Å². The third-order valence-electron chi connectivity index (χ3n) is 2.34. The summed E-state index contributed by atoms with van der Waals surface area (Å²) < 4.78 is 13.3. The maximum atomic E-state index is 13.3. The maximum absolute atomic E-state index is 13.3. The number of rotatable bonds is 6. The Labute approximate surface area is 100 Å². The Bertz CT molecular complexity index is 322. The zero-order valence-electron chi connectivity index (χ0n) is 9.61. The SMILES string of the molecule is CSCC(C)NCC(O)c1ccccc1F. The molecule has 0 amide bonds. The molecular weight excluding hydrogens is 225 g/mol.